The topological polar surface area (TPSA) is 61.3 Å². The van der Waals surface area contributed by atoms with E-state index in [1.807, 2.05) is 18.2 Å². The Morgan fingerprint density at radius 3 is 2.94 bits per heavy atom. The number of nitrogens with one attached hydrogen (secondary N) is 2. The van der Waals surface area contributed by atoms with Crippen molar-refractivity contribution in [2.24, 2.45) is 0 Å². The van der Waals surface area contributed by atoms with Gasteiger partial charge in [0.1, 0.15) is 0 Å². The molecule has 1 saturated heterocycles. The van der Waals surface area contributed by atoms with Crippen LogP contribution in [0.4, 0.5) is 0 Å². The first-order chi connectivity index (χ1) is 8.31. The second-order valence-electron chi connectivity index (χ2n) is 4.37. The summed E-state index contributed by atoms with van der Waals surface area (Å²) < 4.78 is 4.98. The zero-order valence-corrected chi connectivity index (χ0v) is 9.53. The van der Waals surface area contributed by atoms with E-state index in [0.29, 0.717) is 5.58 Å². The van der Waals surface area contributed by atoms with Crippen molar-refractivity contribution < 1.29 is 4.42 Å². The molecule has 5 heteroatoms. The molecule has 1 aliphatic heterocycles. The number of hydrogen-bond acceptors (Lipinski definition) is 4. The summed E-state index contributed by atoms with van der Waals surface area (Å²) in [5.74, 6) is -0.390. The van der Waals surface area contributed by atoms with E-state index in [9.17, 15) is 4.79 Å². The highest BCUT2D eigenvalue weighted by molar-refractivity contribution is 5.72. The molecule has 2 aromatic rings. The SMILES string of the molecule is O=c1[nH]c2cc(CN3CCNCC3)ccc2o1. The van der Waals surface area contributed by atoms with Crippen LogP contribution in [0.15, 0.2) is 27.4 Å². The molecule has 5 nitrogen and oxygen atoms in total. The quantitative estimate of drug-likeness (QED) is 0.794. The molecule has 0 radical (unpaired) electrons. The molecular formula is C12H15N3O2. The molecule has 0 bridgehead atoms. The zero-order valence-electron chi connectivity index (χ0n) is 9.53. The van der Waals surface area contributed by atoms with Crippen molar-refractivity contribution in [3.63, 3.8) is 0 Å². The van der Waals surface area contributed by atoms with Crippen molar-refractivity contribution in [3.05, 3.63) is 34.3 Å². The van der Waals surface area contributed by atoms with Gasteiger partial charge in [-0.25, -0.2) is 4.79 Å². The first-order valence-electron chi connectivity index (χ1n) is 5.86. The largest absolute Gasteiger partial charge is 0.417 e. The average Bonchev–Trinajstić information content (AvgIpc) is 2.70. The predicted molar refractivity (Wildman–Crippen MR) is 65.0 cm³/mol. The summed E-state index contributed by atoms with van der Waals surface area (Å²) in [5, 5.41) is 3.33. The molecule has 0 aliphatic carbocycles. The number of aromatic nitrogens is 1. The Morgan fingerprint density at radius 2 is 2.12 bits per heavy atom. The number of H-pyrrole nitrogens is 1. The molecule has 0 atom stereocenters. The van der Waals surface area contributed by atoms with E-state index in [2.05, 4.69) is 15.2 Å². The zero-order chi connectivity index (χ0) is 11.7. The second kappa shape index (κ2) is 4.35. The van der Waals surface area contributed by atoms with Gasteiger partial charge in [0.05, 0.1) is 5.52 Å². The standard InChI is InChI=1S/C12H15N3O2/c16-12-14-10-7-9(1-2-11(10)17-12)8-15-5-3-13-4-6-15/h1-2,7,13H,3-6,8H2,(H,14,16). The molecule has 1 aromatic carbocycles. The smallest absolute Gasteiger partial charge is 0.408 e. The first kappa shape index (κ1) is 10.6. The van der Waals surface area contributed by atoms with Crippen LogP contribution in [0.3, 0.4) is 0 Å². The minimum absolute atomic E-state index is 0.390. The third-order valence-corrected chi connectivity index (χ3v) is 3.10. The average molecular weight is 233 g/mol. The second-order valence-corrected chi connectivity index (χ2v) is 4.37. The minimum atomic E-state index is -0.390. The van der Waals surface area contributed by atoms with Gasteiger partial charge < -0.3 is 9.73 Å². The molecule has 2 N–H and O–H groups in total. The lowest BCUT2D eigenvalue weighted by molar-refractivity contribution is 0.233. The van der Waals surface area contributed by atoms with Gasteiger partial charge in [-0.05, 0) is 17.7 Å². The van der Waals surface area contributed by atoms with Gasteiger partial charge in [-0.1, -0.05) is 6.07 Å². The Hall–Kier alpha value is -1.59. The van der Waals surface area contributed by atoms with Crippen molar-refractivity contribution in [2.45, 2.75) is 6.54 Å². The van der Waals surface area contributed by atoms with Gasteiger partial charge in [-0.2, -0.15) is 0 Å². The molecule has 0 amide bonds. The molecule has 1 aromatic heterocycles. The van der Waals surface area contributed by atoms with E-state index in [1.165, 1.54) is 5.56 Å². The molecule has 0 saturated carbocycles. The Morgan fingerprint density at radius 1 is 1.29 bits per heavy atom. The number of rotatable bonds is 2. The summed E-state index contributed by atoms with van der Waals surface area (Å²) in [6.07, 6.45) is 0. The molecular weight excluding hydrogens is 218 g/mol. The molecule has 2 heterocycles. The summed E-state index contributed by atoms with van der Waals surface area (Å²) in [7, 11) is 0. The molecule has 0 spiro atoms. The number of nitrogens with zero attached hydrogens (tertiary/aromatic N) is 1. The maximum Gasteiger partial charge on any atom is 0.417 e. The van der Waals surface area contributed by atoms with Gasteiger partial charge in [0.2, 0.25) is 0 Å². The lowest BCUT2D eigenvalue weighted by atomic mass is 10.2. The molecule has 1 fully saturated rings. The summed E-state index contributed by atoms with van der Waals surface area (Å²) >= 11 is 0. The van der Waals surface area contributed by atoms with Crippen molar-refractivity contribution in [2.75, 3.05) is 26.2 Å². The van der Waals surface area contributed by atoms with E-state index in [1.54, 1.807) is 0 Å². The highest BCUT2D eigenvalue weighted by Crippen LogP contribution is 2.14. The van der Waals surface area contributed by atoms with Gasteiger partial charge in [0.25, 0.3) is 0 Å². The Balaban J connectivity index is 1.82. The molecule has 90 valence electrons. The first-order valence-corrected chi connectivity index (χ1v) is 5.86. The van der Waals surface area contributed by atoms with Crippen molar-refractivity contribution in [1.82, 2.24) is 15.2 Å². The number of piperazine rings is 1. The fourth-order valence-electron chi connectivity index (χ4n) is 2.22. The van der Waals surface area contributed by atoms with Crippen molar-refractivity contribution in [3.8, 4) is 0 Å². The lowest BCUT2D eigenvalue weighted by Crippen LogP contribution is -2.42. The summed E-state index contributed by atoms with van der Waals surface area (Å²) in [4.78, 5) is 16.1. The van der Waals surface area contributed by atoms with E-state index >= 15 is 0 Å². The Kier molecular flexibility index (Phi) is 2.70. The maximum atomic E-state index is 11.0. The van der Waals surface area contributed by atoms with Gasteiger partial charge in [0.15, 0.2) is 5.58 Å². The maximum absolute atomic E-state index is 11.0. The number of aromatic amines is 1. The van der Waals surface area contributed by atoms with Crippen LogP contribution < -0.4 is 11.1 Å². The van der Waals surface area contributed by atoms with E-state index < -0.39 is 0 Å². The van der Waals surface area contributed by atoms with Crippen LogP contribution in [0.1, 0.15) is 5.56 Å². The highest BCUT2D eigenvalue weighted by Gasteiger charge is 2.10. The van der Waals surface area contributed by atoms with Gasteiger partial charge >= 0.3 is 5.76 Å². The van der Waals surface area contributed by atoms with Crippen LogP contribution in [-0.4, -0.2) is 36.1 Å². The summed E-state index contributed by atoms with van der Waals surface area (Å²) in [5.41, 5.74) is 2.61. The molecule has 17 heavy (non-hydrogen) atoms. The van der Waals surface area contributed by atoms with Crippen LogP contribution in [-0.2, 0) is 6.54 Å². The molecule has 1 aliphatic rings. The van der Waals surface area contributed by atoms with Crippen LogP contribution in [0, 0.1) is 0 Å². The fraction of sp³-hybridized carbons (Fsp3) is 0.417. The Labute approximate surface area is 98.4 Å². The van der Waals surface area contributed by atoms with Gasteiger partial charge in [-0.15, -0.1) is 0 Å². The third kappa shape index (κ3) is 2.25. The Bertz CT molecular complexity index is 566. The van der Waals surface area contributed by atoms with Gasteiger partial charge in [0, 0.05) is 32.7 Å². The lowest BCUT2D eigenvalue weighted by Gasteiger charge is -2.27. The normalized spacial score (nSPS) is 17.6. The predicted octanol–water partition coefficient (Wildman–Crippen LogP) is 0.526. The summed E-state index contributed by atoms with van der Waals surface area (Å²) in [6.45, 7) is 5.15. The van der Waals surface area contributed by atoms with Crippen LogP contribution in [0.2, 0.25) is 0 Å². The van der Waals surface area contributed by atoms with Gasteiger partial charge in [-0.3, -0.25) is 9.88 Å². The monoisotopic (exact) mass is 233 g/mol. The number of hydrogen-bond donors (Lipinski definition) is 2. The molecule has 0 unspecified atom stereocenters. The van der Waals surface area contributed by atoms with E-state index in [4.69, 9.17) is 4.42 Å². The van der Waals surface area contributed by atoms with Crippen molar-refractivity contribution in [1.29, 1.82) is 0 Å². The molecule has 3 rings (SSSR count). The van der Waals surface area contributed by atoms with Crippen LogP contribution >= 0.6 is 0 Å². The van der Waals surface area contributed by atoms with Crippen molar-refractivity contribution >= 4 is 11.1 Å². The number of benzene rings is 1. The minimum Gasteiger partial charge on any atom is -0.408 e. The number of fused-ring (bicyclic) bond motifs is 1. The van der Waals surface area contributed by atoms with Crippen LogP contribution in [0.5, 0.6) is 0 Å². The summed E-state index contributed by atoms with van der Waals surface area (Å²) in [6, 6.07) is 5.86. The van der Waals surface area contributed by atoms with E-state index in [-0.39, 0.29) is 5.76 Å². The highest BCUT2D eigenvalue weighted by atomic mass is 16.4. The fourth-order valence-corrected chi connectivity index (χ4v) is 2.22. The van der Waals surface area contributed by atoms with E-state index in [0.717, 1.165) is 38.2 Å². The number of oxazole rings is 1. The van der Waals surface area contributed by atoms with Crippen LogP contribution in [0.25, 0.3) is 11.1 Å². The third-order valence-electron chi connectivity index (χ3n) is 3.10.